The molecule has 1 fully saturated rings. The molecule has 1 amide bonds. The second-order valence-electron chi connectivity index (χ2n) is 8.45. The lowest BCUT2D eigenvalue weighted by atomic mass is 10.1. The number of carbonyl (C=O) groups excluding carboxylic acids is 1. The van der Waals surface area contributed by atoms with Crippen LogP contribution in [0.1, 0.15) is 28.8 Å². The number of aromatic carboxylic acids is 1. The Bertz CT molecular complexity index is 1540. The van der Waals surface area contributed by atoms with Gasteiger partial charge in [0.15, 0.2) is 0 Å². The number of carboxylic acids is 1. The maximum atomic E-state index is 12.8. The molecular weight excluding hydrogens is 484 g/mol. The number of aromatic amines is 1. The number of hydrogen-bond acceptors (Lipinski definition) is 7. The van der Waals surface area contributed by atoms with E-state index in [2.05, 4.69) is 20.6 Å². The first-order valence-corrected chi connectivity index (χ1v) is 12.6. The summed E-state index contributed by atoms with van der Waals surface area (Å²) in [6.45, 7) is 0.440. The van der Waals surface area contributed by atoms with Crippen LogP contribution in [0.3, 0.4) is 0 Å². The van der Waals surface area contributed by atoms with Gasteiger partial charge in [-0.15, -0.1) is 0 Å². The SMILES string of the molecule is O=C(O)c1ccc(CNc2ccc(S(=O)(=O)Oc3ccc4[nH]c(NC(=O)C5CC5)nc4c3)cc2)cc1. The van der Waals surface area contributed by atoms with Crippen molar-refractivity contribution in [2.75, 3.05) is 10.6 Å². The van der Waals surface area contributed by atoms with Crippen LogP contribution in [-0.2, 0) is 21.5 Å². The molecule has 1 aliphatic rings. The number of carboxylic acid groups (broad SMARTS) is 1. The van der Waals surface area contributed by atoms with Crippen molar-refractivity contribution in [1.82, 2.24) is 9.97 Å². The van der Waals surface area contributed by atoms with E-state index in [0.29, 0.717) is 29.2 Å². The normalized spacial score (nSPS) is 13.3. The number of imidazole rings is 1. The monoisotopic (exact) mass is 506 g/mol. The Labute approximate surface area is 206 Å². The van der Waals surface area contributed by atoms with Gasteiger partial charge in [-0.05, 0) is 66.9 Å². The molecule has 36 heavy (non-hydrogen) atoms. The number of benzene rings is 3. The van der Waals surface area contributed by atoms with Crippen LogP contribution in [0.2, 0.25) is 0 Å². The van der Waals surface area contributed by atoms with Crippen LogP contribution >= 0.6 is 0 Å². The first-order valence-electron chi connectivity index (χ1n) is 11.2. The third kappa shape index (κ3) is 5.31. The number of H-pyrrole nitrogens is 1. The van der Waals surface area contributed by atoms with Gasteiger partial charge < -0.3 is 19.6 Å². The highest BCUT2D eigenvalue weighted by Crippen LogP contribution is 2.30. The second kappa shape index (κ2) is 9.34. The quantitative estimate of drug-likeness (QED) is 0.249. The average Bonchev–Trinajstić information content (AvgIpc) is 3.64. The fraction of sp³-hybridized carbons (Fsp3) is 0.160. The number of anilines is 2. The Balaban J connectivity index is 1.22. The van der Waals surface area contributed by atoms with Crippen LogP contribution in [0.4, 0.5) is 11.6 Å². The van der Waals surface area contributed by atoms with E-state index in [0.717, 1.165) is 18.4 Å². The fourth-order valence-electron chi connectivity index (χ4n) is 3.54. The Morgan fingerprint density at radius 3 is 2.42 bits per heavy atom. The molecule has 3 aromatic carbocycles. The van der Waals surface area contributed by atoms with Crippen molar-refractivity contribution >= 4 is 44.7 Å². The number of amides is 1. The van der Waals surface area contributed by atoms with Crippen LogP contribution in [0, 0.1) is 5.92 Å². The maximum Gasteiger partial charge on any atom is 0.339 e. The van der Waals surface area contributed by atoms with E-state index in [-0.39, 0.29) is 28.0 Å². The van der Waals surface area contributed by atoms with Crippen LogP contribution in [0.5, 0.6) is 5.75 Å². The molecule has 0 saturated heterocycles. The Morgan fingerprint density at radius 1 is 1.03 bits per heavy atom. The van der Waals surface area contributed by atoms with Gasteiger partial charge in [-0.1, -0.05) is 12.1 Å². The molecule has 0 aliphatic heterocycles. The number of rotatable bonds is 9. The first kappa shape index (κ1) is 23.4. The number of nitrogens with one attached hydrogen (secondary N) is 3. The summed E-state index contributed by atoms with van der Waals surface area (Å²) >= 11 is 0. The number of fused-ring (bicyclic) bond motifs is 1. The van der Waals surface area contributed by atoms with E-state index in [1.807, 2.05) is 0 Å². The summed E-state index contributed by atoms with van der Waals surface area (Å²) in [4.78, 5) is 30.1. The molecule has 0 unspecified atom stereocenters. The van der Waals surface area contributed by atoms with Gasteiger partial charge in [0.25, 0.3) is 0 Å². The van der Waals surface area contributed by atoms with Crippen molar-refractivity contribution in [3.8, 4) is 5.75 Å². The lowest BCUT2D eigenvalue weighted by Crippen LogP contribution is -2.14. The standard InChI is InChI=1S/C25H22N4O6S/c30-23(16-5-6-16)29-25-27-21-12-9-19(13-22(21)28-25)35-36(33,34)20-10-7-18(8-11-20)26-14-15-1-3-17(4-2-15)24(31)32/h1-4,7-13,16,26H,5-6,14H2,(H,31,32)(H2,27,28,29,30). The molecule has 1 aromatic heterocycles. The topological polar surface area (TPSA) is 150 Å². The predicted molar refractivity (Wildman–Crippen MR) is 132 cm³/mol. The summed E-state index contributed by atoms with van der Waals surface area (Å²) in [6, 6.07) is 17.2. The predicted octanol–water partition coefficient (Wildman–Crippen LogP) is 3.99. The first-order chi connectivity index (χ1) is 17.3. The van der Waals surface area contributed by atoms with E-state index >= 15 is 0 Å². The van der Waals surface area contributed by atoms with E-state index < -0.39 is 16.1 Å². The summed E-state index contributed by atoms with van der Waals surface area (Å²) < 4.78 is 30.8. The van der Waals surface area contributed by atoms with Gasteiger partial charge in [-0.3, -0.25) is 10.1 Å². The zero-order valence-corrected chi connectivity index (χ0v) is 19.7. The number of aromatic nitrogens is 2. The Morgan fingerprint density at radius 2 is 1.75 bits per heavy atom. The lowest BCUT2D eigenvalue weighted by Gasteiger charge is -2.09. The van der Waals surface area contributed by atoms with E-state index in [1.165, 1.54) is 36.4 Å². The molecule has 0 radical (unpaired) electrons. The molecule has 4 N–H and O–H groups in total. The van der Waals surface area contributed by atoms with E-state index in [1.54, 1.807) is 30.3 Å². The molecule has 0 atom stereocenters. The zero-order valence-electron chi connectivity index (χ0n) is 18.9. The molecule has 4 aromatic rings. The van der Waals surface area contributed by atoms with Crippen molar-refractivity contribution in [3.05, 3.63) is 77.9 Å². The summed E-state index contributed by atoms with van der Waals surface area (Å²) in [7, 11) is -4.09. The number of hydrogen-bond donors (Lipinski definition) is 4. The van der Waals surface area contributed by atoms with Crippen LogP contribution in [0.25, 0.3) is 11.0 Å². The highest BCUT2D eigenvalue weighted by Gasteiger charge is 2.30. The highest BCUT2D eigenvalue weighted by molar-refractivity contribution is 7.87. The molecule has 1 heterocycles. The smallest absolute Gasteiger partial charge is 0.339 e. The summed E-state index contributed by atoms with van der Waals surface area (Å²) in [5.41, 5.74) is 2.88. The van der Waals surface area contributed by atoms with Gasteiger partial charge >= 0.3 is 16.1 Å². The third-order valence-corrected chi connectivity index (χ3v) is 6.95. The lowest BCUT2D eigenvalue weighted by molar-refractivity contribution is -0.117. The third-order valence-electron chi connectivity index (χ3n) is 5.69. The van der Waals surface area contributed by atoms with Gasteiger partial charge in [-0.25, -0.2) is 9.78 Å². The van der Waals surface area contributed by atoms with Crippen molar-refractivity contribution in [2.24, 2.45) is 5.92 Å². The van der Waals surface area contributed by atoms with Crippen molar-refractivity contribution in [1.29, 1.82) is 0 Å². The Kier molecular flexibility index (Phi) is 6.06. The minimum atomic E-state index is -4.09. The fourth-order valence-corrected chi connectivity index (χ4v) is 4.47. The molecule has 5 rings (SSSR count). The van der Waals surface area contributed by atoms with Crippen LogP contribution in [-0.4, -0.2) is 35.4 Å². The molecule has 184 valence electrons. The summed E-state index contributed by atoms with van der Waals surface area (Å²) in [5.74, 6) is -0.625. The largest absolute Gasteiger partial charge is 0.478 e. The summed E-state index contributed by atoms with van der Waals surface area (Å²) in [6.07, 6.45) is 1.75. The van der Waals surface area contributed by atoms with Crippen molar-refractivity contribution in [2.45, 2.75) is 24.3 Å². The maximum absolute atomic E-state index is 12.8. The van der Waals surface area contributed by atoms with E-state index in [4.69, 9.17) is 9.29 Å². The molecule has 1 saturated carbocycles. The van der Waals surface area contributed by atoms with E-state index in [9.17, 15) is 18.0 Å². The molecule has 11 heteroatoms. The van der Waals surface area contributed by atoms with Crippen LogP contribution in [0.15, 0.2) is 71.6 Å². The minimum Gasteiger partial charge on any atom is -0.478 e. The van der Waals surface area contributed by atoms with Crippen LogP contribution < -0.4 is 14.8 Å². The van der Waals surface area contributed by atoms with Gasteiger partial charge in [0.05, 0.1) is 16.6 Å². The van der Waals surface area contributed by atoms with Gasteiger partial charge in [0.2, 0.25) is 11.9 Å². The van der Waals surface area contributed by atoms with Gasteiger partial charge in [-0.2, -0.15) is 8.42 Å². The zero-order chi connectivity index (χ0) is 25.3. The molecular formula is C25H22N4O6S. The highest BCUT2D eigenvalue weighted by atomic mass is 32.2. The molecule has 1 aliphatic carbocycles. The van der Waals surface area contributed by atoms with Gasteiger partial charge in [0, 0.05) is 24.2 Å². The Hall–Kier alpha value is -4.38. The molecule has 0 spiro atoms. The van der Waals surface area contributed by atoms with Gasteiger partial charge in [0.1, 0.15) is 10.6 Å². The van der Waals surface area contributed by atoms with Crippen molar-refractivity contribution in [3.63, 3.8) is 0 Å². The number of carbonyl (C=O) groups is 2. The summed E-state index contributed by atoms with van der Waals surface area (Å²) in [5, 5.41) is 14.9. The number of nitrogens with zero attached hydrogens (tertiary/aromatic N) is 1. The minimum absolute atomic E-state index is 0.0154. The molecule has 10 nitrogen and oxygen atoms in total. The average molecular weight is 507 g/mol. The second-order valence-corrected chi connectivity index (χ2v) is 9.99. The molecule has 0 bridgehead atoms. The van der Waals surface area contributed by atoms with Crippen molar-refractivity contribution < 1.29 is 27.3 Å².